The van der Waals surface area contributed by atoms with E-state index in [0.717, 1.165) is 5.56 Å². The van der Waals surface area contributed by atoms with E-state index in [-0.39, 0.29) is 5.75 Å². The summed E-state index contributed by atoms with van der Waals surface area (Å²) in [5.74, 6) is 0.654. The molecule has 0 bridgehead atoms. The van der Waals surface area contributed by atoms with Gasteiger partial charge in [-0.1, -0.05) is 6.07 Å². The zero-order chi connectivity index (χ0) is 11.5. The summed E-state index contributed by atoms with van der Waals surface area (Å²) in [6, 6.07) is 5.27. The second-order valence-corrected chi connectivity index (χ2v) is 8.92. The molecule has 3 nitrogen and oxygen atoms in total. The number of hydrogen-bond acceptors (Lipinski definition) is 3. The Balaban J connectivity index is 2.70. The van der Waals surface area contributed by atoms with Crippen LogP contribution in [0.25, 0.3) is 0 Å². The monoisotopic (exact) mass is 226 g/mol. The Morgan fingerprint density at radius 3 is 2.47 bits per heavy atom. The van der Waals surface area contributed by atoms with Crippen LogP contribution in [-0.2, 0) is 11.0 Å². The first-order chi connectivity index (χ1) is 6.92. The van der Waals surface area contributed by atoms with Gasteiger partial charge in [-0.25, -0.2) is 0 Å². The average Bonchev–Trinajstić information content (AvgIpc) is 2.15. The van der Waals surface area contributed by atoms with Crippen LogP contribution in [-0.4, -0.2) is 20.5 Å². The second-order valence-electron chi connectivity index (χ2n) is 4.41. The fourth-order valence-corrected chi connectivity index (χ4v) is 1.71. The van der Waals surface area contributed by atoms with Gasteiger partial charge in [0.1, 0.15) is 0 Å². The minimum atomic E-state index is -1.48. The minimum absolute atomic E-state index is 0.161. The molecule has 0 spiro atoms. The van der Waals surface area contributed by atoms with E-state index in [9.17, 15) is 5.11 Å². The van der Waals surface area contributed by atoms with Crippen LogP contribution >= 0.6 is 0 Å². The Morgan fingerprint density at radius 1 is 1.27 bits per heavy atom. The number of methoxy groups -OCH3 is 1. The fourth-order valence-electron chi connectivity index (χ4n) is 1.11. The Morgan fingerprint density at radius 2 is 1.93 bits per heavy atom. The first-order valence-electron chi connectivity index (χ1n) is 4.92. The molecule has 15 heavy (non-hydrogen) atoms. The Bertz CT molecular complexity index is 331. The molecule has 0 heterocycles. The molecule has 0 aliphatic carbocycles. The van der Waals surface area contributed by atoms with Crippen molar-refractivity contribution in [2.24, 2.45) is 0 Å². The lowest BCUT2D eigenvalue weighted by atomic mass is 10.2. The van der Waals surface area contributed by atoms with Gasteiger partial charge in [-0.3, -0.25) is 0 Å². The van der Waals surface area contributed by atoms with Crippen molar-refractivity contribution in [1.29, 1.82) is 0 Å². The van der Waals surface area contributed by atoms with E-state index in [1.54, 1.807) is 12.1 Å². The summed E-state index contributed by atoms with van der Waals surface area (Å²) in [5, 5.41) is 9.41. The van der Waals surface area contributed by atoms with Crippen LogP contribution < -0.4 is 4.74 Å². The maximum atomic E-state index is 9.41. The molecule has 1 N–H and O–H groups in total. The van der Waals surface area contributed by atoms with Gasteiger partial charge < -0.3 is 14.3 Å². The van der Waals surface area contributed by atoms with Crippen LogP contribution in [0.5, 0.6) is 11.5 Å². The summed E-state index contributed by atoms with van der Waals surface area (Å²) < 4.78 is 10.8. The third-order valence-corrected chi connectivity index (χ3v) is 2.93. The highest BCUT2D eigenvalue weighted by atomic mass is 28.4. The SMILES string of the molecule is COc1cc(CO[Si](C)(C)C)ccc1O. The minimum Gasteiger partial charge on any atom is -0.504 e. The first-order valence-corrected chi connectivity index (χ1v) is 8.33. The molecular formula is C11H18O3Si. The summed E-state index contributed by atoms with van der Waals surface area (Å²) in [7, 11) is 0.0554. The lowest BCUT2D eigenvalue weighted by Crippen LogP contribution is -2.24. The zero-order valence-corrected chi connectivity index (χ0v) is 10.7. The van der Waals surface area contributed by atoms with E-state index < -0.39 is 8.32 Å². The number of hydrogen-bond donors (Lipinski definition) is 1. The summed E-state index contributed by atoms with van der Waals surface area (Å²) in [6.45, 7) is 7.01. The highest BCUT2D eigenvalue weighted by Crippen LogP contribution is 2.26. The molecule has 0 saturated carbocycles. The molecule has 0 fully saturated rings. The van der Waals surface area contributed by atoms with Crippen LogP contribution in [0, 0.1) is 0 Å². The molecule has 1 aromatic carbocycles. The maximum absolute atomic E-state index is 9.41. The molecular weight excluding hydrogens is 208 g/mol. The third kappa shape index (κ3) is 3.93. The first kappa shape index (κ1) is 12.1. The zero-order valence-electron chi connectivity index (χ0n) is 9.70. The van der Waals surface area contributed by atoms with E-state index in [1.165, 1.54) is 7.11 Å². The van der Waals surface area contributed by atoms with E-state index in [4.69, 9.17) is 9.16 Å². The van der Waals surface area contributed by atoms with Gasteiger partial charge in [0, 0.05) is 0 Å². The molecule has 1 aromatic rings. The summed E-state index contributed by atoms with van der Waals surface area (Å²) in [5.41, 5.74) is 1.02. The highest BCUT2D eigenvalue weighted by Gasteiger charge is 2.14. The van der Waals surface area contributed by atoms with Crippen molar-refractivity contribution >= 4 is 8.32 Å². The molecule has 0 aliphatic heterocycles. The summed E-state index contributed by atoms with van der Waals surface area (Å²) in [4.78, 5) is 0. The molecule has 1 rings (SSSR count). The van der Waals surface area contributed by atoms with E-state index in [2.05, 4.69) is 19.6 Å². The van der Waals surface area contributed by atoms with Gasteiger partial charge in [0.25, 0.3) is 0 Å². The topological polar surface area (TPSA) is 38.7 Å². The van der Waals surface area contributed by atoms with Crippen LogP contribution in [0.2, 0.25) is 19.6 Å². The summed E-state index contributed by atoms with van der Waals surface area (Å²) >= 11 is 0. The third-order valence-electron chi connectivity index (χ3n) is 1.92. The Hall–Kier alpha value is -1.00. The number of ether oxygens (including phenoxy) is 1. The lowest BCUT2D eigenvalue weighted by Gasteiger charge is -2.17. The Labute approximate surface area is 91.8 Å². The fraction of sp³-hybridized carbons (Fsp3) is 0.455. The van der Waals surface area contributed by atoms with E-state index in [0.29, 0.717) is 12.4 Å². The van der Waals surface area contributed by atoms with Crippen molar-refractivity contribution in [2.75, 3.05) is 7.11 Å². The number of rotatable bonds is 4. The predicted octanol–water partition coefficient (Wildman–Crippen LogP) is 2.75. The van der Waals surface area contributed by atoms with Crippen molar-refractivity contribution in [2.45, 2.75) is 26.2 Å². The van der Waals surface area contributed by atoms with Crippen LogP contribution in [0.1, 0.15) is 5.56 Å². The smallest absolute Gasteiger partial charge is 0.184 e. The largest absolute Gasteiger partial charge is 0.504 e. The molecule has 0 amide bonds. The van der Waals surface area contributed by atoms with Gasteiger partial charge in [-0.2, -0.15) is 0 Å². The number of aromatic hydroxyl groups is 1. The number of phenolic OH excluding ortho intramolecular Hbond substituents is 1. The van der Waals surface area contributed by atoms with Crippen molar-refractivity contribution < 1.29 is 14.3 Å². The van der Waals surface area contributed by atoms with Gasteiger partial charge in [-0.15, -0.1) is 0 Å². The quantitative estimate of drug-likeness (QED) is 0.802. The van der Waals surface area contributed by atoms with Crippen molar-refractivity contribution in [1.82, 2.24) is 0 Å². The standard InChI is InChI=1S/C11H18O3Si/c1-13-11-7-9(5-6-10(11)12)8-14-15(2,3)4/h5-7,12H,8H2,1-4H3. The van der Waals surface area contributed by atoms with E-state index >= 15 is 0 Å². The maximum Gasteiger partial charge on any atom is 0.184 e. The van der Waals surface area contributed by atoms with Gasteiger partial charge in [0.2, 0.25) is 0 Å². The molecule has 0 aromatic heterocycles. The van der Waals surface area contributed by atoms with Gasteiger partial charge >= 0.3 is 0 Å². The molecule has 0 atom stereocenters. The average molecular weight is 226 g/mol. The molecule has 0 unspecified atom stereocenters. The molecule has 0 saturated heterocycles. The summed E-state index contributed by atoms with van der Waals surface area (Å²) in [6.07, 6.45) is 0. The molecule has 4 heteroatoms. The molecule has 0 radical (unpaired) electrons. The second kappa shape index (κ2) is 4.68. The molecule has 0 aliphatic rings. The van der Waals surface area contributed by atoms with Gasteiger partial charge in [-0.05, 0) is 37.3 Å². The van der Waals surface area contributed by atoms with Gasteiger partial charge in [0.05, 0.1) is 13.7 Å². The predicted molar refractivity (Wildman–Crippen MR) is 62.8 cm³/mol. The van der Waals surface area contributed by atoms with Crippen LogP contribution in [0.15, 0.2) is 18.2 Å². The highest BCUT2D eigenvalue weighted by molar-refractivity contribution is 6.69. The lowest BCUT2D eigenvalue weighted by molar-refractivity contribution is 0.298. The van der Waals surface area contributed by atoms with Crippen molar-refractivity contribution in [3.8, 4) is 11.5 Å². The van der Waals surface area contributed by atoms with Gasteiger partial charge in [0.15, 0.2) is 19.8 Å². The van der Waals surface area contributed by atoms with Crippen molar-refractivity contribution in [3.63, 3.8) is 0 Å². The van der Waals surface area contributed by atoms with E-state index in [1.807, 2.05) is 6.07 Å². The van der Waals surface area contributed by atoms with Crippen molar-refractivity contribution in [3.05, 3.63) is 23.8 Å². The number of benzene rings is 1. The van der Waals surface area contributed by atoms with Crippen LogP contribution in [0.4, 0.5) is 0 Å². The Kier molecular flexibility index (Phi) is 3.76. The molecule has 84 valence electrons. The number of phenols is 1. The normalized spacial score (nSPS) is 11.5. The van der Waals surface area contributed by atoms with Crippen LogP contribution in [0.3, 0.4) is 0 Å².